The standard InChI is InChI=1S/C25H26O3/c1-5-28-23(26)17-16-19(2)18-22(20-12-8-6-9-13-20)25(3,4)24(27)21-14-10-7-11-15-21/h6-15,18,22H,5H2,1-4H3/b19-18-. The highest BCUT2D eigenvalue weighted by atomic mass is 16.5. The highest BCUT2D eigenvalue weighted by Crippen LogP contribution is 2.40. The van der Waals surface area contributed by atoms with Crippen LogP contribution in [-0.4, -0.2) is 18.4 Å². The summed E-state index contributed by atoms with van der Waals surface area (Å²) in [4.78, 5) is 24.8. The van der Waals surface area contributed by atoms with Crippen molar-refractivity contribution in [1.29, 1.82) is 0 Å². The molecule has 0 spiro atoms. The molecule has 0 aliphatic carbocycles. The largest absolute Gasteiger partial charge is 0.456 e. The number of allylic oxidation sites excluding steroid dienone is 2. The van der Waals surface area contributed by atoms with Crippen molar-refractivity contribution in [2.75, 3.05) is 6.61 Å². The molecule has 0 saturated heterocycles. The number of hydrogen-bond donors (Lipinski definition) is 0. The second-order valence-electron chi connectivity index (χ2n) is 7.13. The summed E-state index contributed by atoms with van der Waals surface area (Å²) in [7, 11) is 0. The SMILES string of the molecule is CCOC(=O)C#C/C(C)=C\C(c1ccccc1)C(C)(C)C(=O)c1ccccc1. The maximum atomic E-state index is 13.3. The number of rotatable bonds is 6. The Balaban J connectivity index is 2.44. The van der Waals surface area contributed by atoms with Gasteiger partial charge in [-0.15, -0.1) is 0 Å². The number of ether oxygens (including phenoxy) is 1. The van der Waals surface area contributed by atoms with Gasteiger partial charge in [-0.05, 0) is 25.0 Å². The van der Waals surface area contributed by atoms with Gasteiger partial charge in [-0.2, -0.15) is 0 Å². The van der Waals surface area contributed by atoms with Crippen molar-refractivity contribution in [2.45, 2.75) is 33.6 Å². The summed E-state index contributed by atoms with van der Waals surface area (Å²) < 4.78 is 4.85. The van der Waals surface area contributed by atoms with Gasteiger partial charge < -0.3 is 4.74 Å². The highest BCUT2D eigenvalue weighted by Gasteiger charge is 2.37. The van der Waals surface area contributed by atoms with Gasteiger partial charge in [0.1, 0.15) is 0 Å². The molecule has 0 fully saturated rings. The molecule has 3 heteroatoms. The van der Waals surface area contributed by atoms with E-state index in [2.05, 4.69) is 11.8 Å². The Labute approximate surface area is 167 Å². The van der Waals surface area contributed by atoms with Crippen molar-refractivity contribution in [3.05, 3.63) is 83.4 Å². The Morgan fingerprint density at radius 3 is 2.14 bits per heavy atom. The van der Waals surface area contributed by atoms with Crippen molar-refractivity contribution < 1.29 is 14.3 Å². The first-order valence-corrected chi connectivity index (χ1v) is 9.38. The molecule has 3 nitrogen and oxygen atoms in total. The summed E-state index contributed by atoms with van der Waals surface area (Å²) in [5, 5.41) is 0. The molecule has 0 radical (unpaired) electrons. The fourth-order valence-corrected chi connectivity index (χ4v) is 3.09. The fourth-order valence-electron chi connectivity index (χ4n) is 3.09. The third-order valence-electron chi connectivity index (χ3n) is 4.61. The van der Waals surface area contributed by atoms with Crippen LogP contribution in [0.4, 0.5) is 0 Å². The van der Waals surface area contributed by atoms with Gasteiger partial charge >= 0.3 is 5.97 Å². The van der Waals surface area contributed by atoms with E-state index < -0.39 is 11.4 Å². The lowest BCUT2D eigenvalue weighted by Crippen LogP contribution is -2.31. The molecule has 144 valence electrons. The summed E-state index contributed by atoms with van der Waals surface area (Å²) in [6, 6.07) is 19.2. The van der Waals surface area contributed by atoms with Crippen LogP contribution < -0.4 is 0 Å². The Kier molecular flexibility index (Phi) is 7.35. The zero-order chi connectivity index (χ0) is 20.6. The van der Waals surface area contributed by atoms with E-state index in [1.54, 1.807) is 6.92 Å². The predicted octanol–water partition coefficient (Wildman–Crippen LogP) is 5.19. The summed E-state index contributed by atoms with van der Waals surface area (Å²) in [6.07, 6.45) is 1.96. The molecular formula is C25H26O3. The molecule has 0 N–H and O–H groups in total. The van der Waals surface area contributed by atoms with Crippen LogP contribution >= 0.6 is 0 Å². The Morgan fingerprint density at radius 2 is 1.57 bits per heavy atom. The molecule has 0 aliphatic rings. The van der Waals surface area contributed by atoms with Crippen LogP contribution in [0.2, 0.25) is 0 Å². The third-order valence-corrected chi connectivity index (χ3v) is 4.61. The van der Waals surface area contributed by atoms with Crippen LogP contribution in [0.5, 0.6) is 0 Å². The van der Waals surface area contributed by atoms with Gasteiger partial charge in [-0.1, -0.05) is 86.5 Å². The van der Waals surface area contributed by atoms with Crippen molar-refractivity contribution in [2.24, 2.45) is 5.41 Å². The van der Waals surface area contributed by atoms with Gasteiger partial charge in [-0.25, -0.2) is 4.79 Å². The molecule has 28 heavy (non-hydrogen) atoms. The third kappa shape index (κ3) is 5.44. The number of Topliss-reactive ketones (excluding diaryl/α,β-unsaturated/α-hetero) is 1. The van der Waals surface area contributed by atoms with Crippen molar-refractivity contribution in [1.82, 2.24) is 0 Å². The maximum absolute atomic E-state index is 13.3. The molecule has 2 rings (SSSR count). The van der Waals surface area contributed by atoms with E-state index in [0.29, 0.717) is 12.2 Å². The molecule has 1 unspecified atom stereocenters. The molecule has 2 aromatic rings. The molecule has 1 atom stereocenters. The van der Waals surface area contributed by atoms with Crippen LogP contribution in [0.15, 0.2) is 72.3 Å². The van der Waals surface area contributed by atoms with Gasteiger partial charge in [0.15, 0.2) is 5.78 Å². The minimum Gasteiger partial charge on any atom is -0.456 e. The Hall–Kier alpha value is -3.12. The van der Waals surface area contributed by atoms with Gasteiger partial charge in [-0.3, -0.25) is 4.79 Å². The zero-order valence-electron chi connectivity index (χ0n) is 16.9. The fraction of sp³-hybridized carbons (Fsp3) is 0.280. The molecule has 0 bridgehead atoms. The first-order chi connectivity index (χ1) is 13.4. The van der Waals surface area contributed by atoms with Crippen LogP contribution in [0.1, 0.15) is 49.5 Å². The molecular weight excluding hydrogens is 348 g/mol. The average Bonchev–Trinajstić information content (AvgIpc) is 2.71. The van der Waals surface area contributed by atoms with E-state index >= 15 is 0 Å². The van der Waals surface area contributed by atoms with E-state index in [-0.39, 0.29) is 11.7 Å². The van der Waals surface area contributed by atoms with E-state index in [1.807, 2.05) is 87.5 Å². The zero-order valence-corrected chi connectivity index (χ0v) is 16.9. The van der Waals surface area contributed by atoms with E-state index in [4.69, 9.17) is 4.74 Å². The van der Waals surface area contributed by atoms with Gasteiger partial charge in [0.05, 0.1) is 6.61 Å². The van der Waals surface area contributed by atoms with Gasteiger partial charge in [0.25, 0.3) is 0 Å². The minimum absolute atomic E-state index is 0.0596. The topological polar surface area (TPSA) is 43.4 Å². The Morgan fingerprint density at radius 1 is 1.00 bits per heavy atom. The van der Waals surface area contributed by atoms with Gasteiger partial charge in [0.2, 0.25) is 0 Å². The number of esters is 1. The molecule has 0 aromatic heterocycles. The monoisotopic (exact) mass is 374 g/mol. The van der Waals surface area contributed by atoms with Crippen molar-refractivity contribution >= 4 is 11.8 Å². The second-order valence-corrected chi connectivity index (χ2v) is 7.13. The number of carbonyl (C=O) groups is 2. The second kappa shape index (κ2) is 9.71. The summed E-state index contributed by atoms with van der Waals surface area (Å²) in [6.45, 7) is 7.77. The molecule has 0 aliphatic heterocycles. The Bertz CT molecular complexity index is 897. The maximum Gasteiger partial charge on any atom is 0.384 e. The summed E-state index contributed by atoms with van der Waals surface area (Å²) >= 11 is 0. The van der Waals surface area contributed by atoms with E-state index in [9.17, 15) is 9.59 Å². The van der Waals surface area contributed by atoms with E-state index in [1.165, 1.54) is 0 Å². The summed E-state index contributed by atoms with van der Waals surface area (Å²) in [5.41, 5.74) is 1.72. The van der Waals surface area contributed by atoms with Crippen LogP contribution in [0, 0.1) is 17.3 Å². The molecule has 0 heterocycles. The lowest BCUT2D eigenvalue weighted by atomic mass is 9.70. The van der Waals surface area contributed by atoms with Gasteiger partial charge in [0, 0.05) is 22.8 Å². The predicted molar refractivity (Wildman–Crippen MR) is 112 cm³/mol. The molecule has 0 saturated carbocycles. The molecule has 2 aromatic carbocycles. The van der Waals surface area contributed by atoms with E-state index in [0.717, 1.165) is 11.1 Å². The van der Waals surface area contributed by atoms with Crippen LogP contribution in [0.25, 0.3) is 0 Å². The number of ketones is 1. The molecule has 0 amide bonds. The summed E-state index contributed by atoms with van der Waals surface area (Å²) in [5.74, 6) is 4.64. The smallest absolute Gasteiger partial charge is 0.384 e. The van der Waals surface area contributed by atoms with Crippen LogP contribution in [0.3, 0.4) is 0 Å². The lowest BCUT2D eigenvalue weighted by molar-refractivity contribution is -0.136. The lowest BCUT2D eigenvalue weighted by Gasteiger charge is -2.32. The first kappa shape index (κ1) is 21.2. The number of carbonyl (C=O) groups excluding carboxylic acids is 2. The quantitative estimate of drug-likeness (QED) is 0.302. The normalized spacial score (nSPS) is 12.5. The van der Waals surface area contributed by atoms with Crippen molar-refractivity contribution in [3.8, 4) is 11.8 Å². The number of hydrogen-bond acceptors (Lipinski definition) is 3. The first-order valence-electron chi connectivity index (χ1n) is 9.38. The number of benzene rings is 2. The minimum atomic E-state index is -0.699. The average molecular weight is 374 g/mol. The van der Waals surface area contributed by atoms with Crippen molar-refractivity contribution in [3.63, 3.8) is 0 Å². The highest BCUT2D eigenvalue weighted by molar-refractivity contribution is 6.01. The van der Waals surface area contributed by atoms with Crippen LogP contribution in [-0.2, 0) is 9.53 Å².